The summed E-state index contributed by atoms with van der Waals surface area (Å²) in [5.74, 6) is 1.88. The molecule has 1 aliphatic rings. The van der Waals surface area contributed by atoms with Crippen molar-refractivity contribution in [2.45, 2.75) is 32.9 Å². The summed E-state index contributed by atoms with van der Waals surface area (Å²) in [5.41, 5.74) is 2.02. The molecule has 0 bridgehead atoms. The Morgan fingerprint density at radius 2 is 2.08 bits per heavy atom. The molecule has 5 nitrogen and oxygen atoms in total. The number of benzene rings is 2. The van der Waals surface area contributed by atoms with Gasteiger partial charge in [0.2, 0.25) is 0 Å². The van der Waals surface area contributed by atoms with Gasteiger partial charge in [0.1, 0.15) is 23.4 Å². The van der Waals surface area contributed by atoms with Crippen molar-refractivity contribution in [3.8, 4) is 17.2 Å². The van der Waals surface area contributed by atoms with Gasteiger partial charge in [0.05, 0.1) is 11.6 Å². The van der Waals surface area contributed by atoms with E-state index in [0.29, 0.717) is 23.9 Å². The van der Waals surface area contributed by atoms with E-state index in [4.69, 9.17) is 25.8 Å². The minimum absolute atomic E-state index is 0.105. The van der Waals surface area contributed by atoms with Crippen LogP contribution < -0.4 is 19.5 Å². The first-order valence-electron chi connectivity index (χ1n) is 8.66. The highest BCUT2D eigenvalue weighted by atomic mass is 35.5. The van der Waals surface area contributed by atoms with Crippen LogP contribution in [0.1, 0.15) is 25.0 Å². The lowest BCUT2D eigenvalue weighted by molar-refractivity contribution is -0.123. The number of halogens is 1. The lowest BCUT2D eigenvalue weighted by Crippen LogP contribution is -2.28. The Hall–Kier alpha value is -2.40. The van der Waals surface area contributed by atoms with Gasteiger partial charge in [-0.15, -0.1) is 0 Å². The second-order valence-electron chi connectivity index (χ2n) is 6.13. The smallest absolute Gasteiger partial charge is 0.258 e. The van der Waals surface area contributed by atoms with Gasteiger partial charge in [-0.2, -0.15) is 0 Å². The number of carbonyl (C=O) groups excluding carboxylic acids is 1. The molecule has 0 aromatic heterocycles. The standard InChI is InChI=1S/C20H22ClNO4/c1-3-24-18-9-14-8-13(2)26-19(14)10-15(18)11-22-20(23)12-25-17-7-5-4-6-16(17)21/h4-7,9-10,13H,3,8,11-12H2,1-2H3,(H,22,23)/t13-/m0/s1. The fourth-order valence-electron chi connectivity index (χ4n) is 2.86. The Morgan fingerprint density at radius 3 is 2.85 bits per heavy atom. The van der Waals surface area contributed by atoms with Gasteiger partial charge in [-0.3, -0.25) is 4.79 Å². The Kier molecular flexibility index (Phi) is 5.89. The molecule has 2 aromatic carbocycles. The second-order valence-corrected chi connectivity index (χ2v) is 6.54. The van der Waals surface area contributed by atoms with Gasteiger partial charge < -0.3 is 19.5 Å². The minimum atomic E-state index is -0.234. The quantitative estimate of drug-likeness (QED) is 0.800. The highest BCUT2D eigenvalue weighted by Crippen LogP contribution is 2.35. The van der Waals surface area contributed by atoms with Crippen molar-refractivity contribution in [1.29, 1.82) is 0 Å². The van der Waals surface area contributed by atoms with Gasteiger partial charge in [-0.1, -0.05) is 23.7 Å². The molecule has 138 valence electrons. The van der Waals surface area contributed by atoms with Crippen molar-refractivity contribution in [2.24, 2.45) is 0 Å². The van der Waals surface area contributed by atoms with Crippen molar-refractivity contribution < 1.29 is 19.0 Å². The molecular formula is C20H22ClNO4. The fourth-order valence-corrected chi connectivity index (χ4v) is 3.05. The van der Waals surface area contributed by atoms with E-state index in [0.717, 1.165) is 29.0 Å². The van der Waals surface area contributed by atoms with E-state index >= 15 is 0 Å². The van der Waals surface area contributed by atoms with Crippen LogP contribution in [0.5, 0.6) is 17.2 Å². The molecule has 1 atom stereocenters. The first-order valence-corrected chi connectivity index (χ1v) is 9.04. The summed E-state index contributed by atoms with van der Waals surface area (Å²) in [5, 5.41) is 3.32. The molecule has 0 saturated heterocycles. The number of para-hydroxylation sites is 1. The summed E-state index contributed by atoms with van der Waals surface area (Å²) < 4.78 is 17.0. The number of hydrogen-bond donors (Lipinski definition) is 1. The van der Waals surface area contributed by atoms with Crippen LogP contribution in [0, 0.1) is 0 Å². The molecule has 3 rings (SSSR count). The van der Waals surface area contributed by atoms with Crippen LogP contribution in [0.25, 0.3) is 0 Å². The van der Waals surface area contributed by atoms with E-state index in [-0.39, 0.29) is 18.6 Å². The van der Waals surface area contributed by atoms with Gasteiger partial charge in [0, 0.05) is 24.1 Å². The number of fused-ring (bicyclic) bond motifs is 1. The molecule has 6 heteroatoms. The molecule has 26 heavy (non-hydrogen) atoms. The van der Waals surface area contributed by atoms with Crippen LogP contribution >= 0.6 is 11.6 Å². The minimum Gasteiger partial charge on any atom is -0.494 e. The SMILES string of the molecule is CCOc1cc2c(cc1CNC(=O)COc1ccccc1Cl)O[C@@H](C)C2. The van der Waals surface area contributed by atoms with E-state index in [1.54, 1.807) is 24.3 Å². The van der Waals surface area contributed by atoms with E-state index in [9.17, 15) is 4.79 Å². The van der Waals surface area contributed by atoms with E-state index in [1.807, 2.05) is 26.0 Å². The van der Waals surface area contributed by atoms with Gasteiger partial charge in [0.25, 0.3) is 5.91 Å². The van der Waals surface area contributed by atoms with Crippen molar-refractivity contribution in [3.63, 3.8) is 0 Å². The Morgan fingerprint density at radius 1 is 1.27 bits per heavy atom. The third-order valence-electron chi connectivity index (χ3n) is 4.05. The van der Waals surface area contributed by atoms with E-state index in [1.165, 1.54) is 0 Å². The van der Waals surface area contributed by atoms with E-state index < -0.39 is 0 Å². The Labute approximate surface area is 158 Å². The van der Waals surface area contributed by atoms with Crippen LogP contribution in [-0.4, -0.2) is 25.2 Å². The maximum absolute atomic E-state index is 12.1. The normalized spacial score (nSPS) is 15.1. The maximum Gasteiger partial charge on any atom is 0.258 e. The van der Waals surface area contributed by atoms with Crippen molar-refractivity contribution >= 4 is 17.5 Å². The third-order valence-corrected chi connectivity index (χ3v) is 4.36. The van der Waals surface area contributed by atoms with Crippen molar-refractivity contribution in [2.75, 3.05) is 13.2 Å². The zero-order chi connectivity index (χ0) is 18.5. The second kappa shape index (κ2) is 8.32. The summed E-state index contributed by atoms with van der Waals surface area (Å²) >= 11 is 6.01. The highest BCUT2D eigenvalue weighted by Gasteiger charge is 2.22. The number of hydrogen-bond acceptors (Lipinski definition) is 4. The van der Waals surface area contributed by atoms with Crippen LogP contribution in [-0.2, 0) is 17.8 Å². The third kappa shape index (κ3) is 4.41. The molecule has 2 aromatic rings. The van der Waals surface area contributed by atoms with Crippen LogP contribution in [0.3, 0.4) is 0 Å². The lowest BCUT2D eigenvalue weighted by atomic mass is 10.1. The average Bonchev–Trinajstić information content (AvgIpc) is 2.98. The van der Waals surface area contributed by atoms with Gasteiger partial charge in [-0.25, -0.2) is 0 Å². The molecule has 0 unspecified atom stereocenters. The fraction of sp³-hybridized carbons (Fsp3) is 0.350. The van der Waals surface area contributed by atoms with Gasteiger partial charge >= 0.3 is 0 Å². The summed E-state index contributed by atoms with van der Waals surface area (Å²) in [6.07, 6.45) is 1.03. The molecule has 0 radical (unpaired) electrons. The van der Waals surface area contributed by atoms with Crippen molar-refractivity contribution in [1.82, 2.24) is 5.32 Å². The molecule has 1 N–H and O–H groups in total. The summed E-state index contributed by atoms with van der Waals surface area (Å²) in [6.45, 7) is 4.77. The molecule has 0 aliphatic carbocycles. The first-order chi connectivity index (χ1) is 12.6. The molecule has 0 spiro atoms. The summed E-state index contributed by atoms with van der Waals surface area (Å²) in [6, 6.07) is 11.0. The summed E-state index contributed by atoms with van der Waals surface area (Å²) in [4.78, 5) is 12.1. The molecule has 0 fully saturated rings. The number of nitrogens with one attached hydrogen (secondary N) is 1. The first kappa shape index (κ1) is 18.4. The number of ether oxygens (including phenoxy) is 3. The Bertz CT molecular complexity index is 793. The largest absolute Gasteiger partial charge is 0.494 e. The lowest BCUT2D eigenvalue weighted by Gasteiger charge is -2.14. The van der Waals surface area contributed by atoms with Gasteiger partial charge in [0.15, 0.2) is 6.61 Å². The molecular weight excluding hydrogens is 354 g/mol. The Balaban J connectivity index is 1.61. The average molecular weight is 376 g/mol. The van der Waals surface area contributed by atoms with Crippen LogP contribution in [0.2, 0.25) is 5.02 Å². The summed E-state index contributed by atoms with van der Waals surface area (Å²) in [7, 11) is 0. The molecule has 1 amide bonds. The molecule has 1 aliphatic heterocycles. The predicted octanol–water partition coefficient (Wildman–Crippen LogP) is 3.76. The molecule has 0 saturated carbocycles. The zero-order valence-corrected chi connectivity index (χ0v) is 15.6. The van der Waals surface area contributed by atoms with Crippen LogP contribution in [0.15, 0.2) is 36.4 Å². The maximum atomic E-state index is 12.1. The van der Waals surface area contributed by atoms with E-state index in [2.05, 4.69) is 5.32 Å². The molecule has 1 heterocycles. The number of carbonyl (C=O) groups is 1. The van der Waals surface area contributed by atoms with Crippen molar-refractivity contribution in [3.05, 3.63) is 52.5 Å². The highest BCUT2D eigenvalue weighted by molar-refractivity contribution is 6.32. The number of amides is 1. The monoisotopic (exact) mass is 375 g/mol. The zero-order valence-electron chi connectivity index (χ0n) is 14.9. The predicted molar refractivity (Wildman–Crippen MR) is 100 cm³/mol. The number of rotatable bonds is 7. The topological polar surface area (TPSA) is 56.8 Å². The van der Waals surface area contributed by atoms with Gasteiger partial charge in [-0.05, 0) is 38.1 Å². The van der Waals surface area contributed by atoms with Crippen LogP contribution in [0.4, 0.5) is 0 Å².